The number of rotatable bonds is 4. The molecule has 2 N–H and O–H groups in total. The molecule has 5 nitrogen and oxygen atoms in total. The monoisotopic (exact) mass is 323 g/mol. The molecule has 0 saturated heterocycles. The molecular weight excluding hydrogens is 310 g/mol. The maximum Gasteiger partial charge on any atom is 0.279 e. The Bertz CT molecular complexity index is 748. The van der Waals surface area contributed by atoms with Crippen LogP contribution >= 0.6 is 11.6 Å². The zero-order chi connectivity index (χ0) is 15.5. The highest BCUT2D eigenvalue weighted by molar-refractivity contribution is 7.89. The fourth-order valence-corrected chi connectivity index (χ4v) is 3.33. The second-order valence-corrected chi connectivity index (χ2v) is 6.33. The molecule has 0 aliphatic heterocycles. The summed E-state index contributed by atoms with van der Waals surface area (Å²) < 4.78 is 25.9. The van der Waals surface area contributed by atoms with Crippen molar-refractivity contribution in [1.82, 2.24) is 9.84 Å². The zero-order valence-corrected chi connectivity index (χ0v) is 12.8. The van der Waals surface area contributed by atoms with E-state index in [1.165, 1.54) is 19.2 Å². The van der Waals surface area contributed by atoms with E-state index in [-0.39, 0.29) is 10.7 Å². The van der Waals surface area contributed by atoms with Crippen LogP contribution in [0.4, 0.5) is 0 Å². The zero-order valence-electron chi connectivity index (χ0n) is 11.2. The van der Waals surface area contributed by atoms with Crippen molar-refractivity contribution in [3.8, 4) is 0 Å². The van der Waals surface area contributed by atoms with Crippen molar-refractivity contribution < 1.29 is 8.42 Å². The van der Waals surface area contributed by atoms with Crippen molar-refractivity contribution in [2.75, 3.05) is 7.05 Å². The molecule has 0 atom stereocenters. The minimum atomic E-state index is -3.88. The quantitative estimate of drug-likeness (QED) is 0.516. The van der Waals surface area contributed by atoms with Crippen LogP contribution < -0.4 is 5.43 Å². The molecule has 0 fully saturated rings. The smallest absolute Gasteiger partial charge is 0.279 e. The number of hydrazine groups is 1. The van der Waals surface area contributed by atoms with Gasteiger partial charge in [0.15, 0.2) is 5.84 Å². The van der Waals surface area contributed by atoms with Gasteiger partial charge in [0, 0.05) is 12.6 Å². The molecule has 0 spiro atoms. The fourth-order valence-electron chi connectivity index (χ4n) is 1.81. The van der Waals surface area contributed by atoms with Gasteiger partial charge in [-0.05, 0) is 24.3 Å². The summed E-state index contributed by atoms with van der Waals surface area (Å²) in [4.78, 5) is 0.0937. The Hall–Kier alpha value is -1.89. The Kier molecular flexibility index (Phi) is 4.62. The molecule has 7 heteroatoms. The van der Waals surface area contributed by atoms with E-state index in [1.807, 2.05) is 0 Å². The lowest BCUT2D eigenvalue weighted by Crippen LogP contribution is -2.45. The lowest BCUT2D eigenvalue weighted by atomic mass is 10.2. The van der Waals surface area contributed by atoms with Gasteiger partial charge >= 0.3 is 0 Å². The van der Waals surface area contributed by atoms with E-state index >= 15 is 0 Å². The number of benzene rings is 2. The molecule has 21 heavy (non-hydrogen) atoms. The minimum absolute atomic E-state index is 0.0937. The van der Waals surface area contributed by atoms with Crippen LogP contribution in [-0.4, -0.2) is 25.7 Å². The Morgan fingerprint density at radius 3 is 2.24 bits per heavy atom. The summed E-state index contributed by atoms with van der Waals surface area (Å²) in [7, 11) is -2.44. The highest BCUT2D eigenvalue weighted by Crippen LogP contribution is 2.20. The summed E-state index contributed by atoms with van der Waals surface area (Å²) >= 11 is 6.03. The number of nitrogens with zero attached hydrogens (tertiary/aromatic N) is 1. The van der Waals surface area contributed by atoms with Crippen LogP contribution in [0.1, 0.15) is 5.56 Å². The average molecular weight is 324 g/mol. The first-order valence-corrected chi connectivity index (χ1v) is 7.91. The lowest BCUT2D eigenvalue weighted by Gasteiger charge is -2.23. The van der Waals surface area contributed by atoms with Gasteiger partial charge in [0.25, 0.3) is 10.0 Å². The van der Waals surface area contributed by atoms with E-state index in [0.717, 1.165) is 4.41 Å². The molecule has 0 radical (unpaired) electrons. The summed E-state index contributed by atoms with van der Waals surface area (Å²) in [5, 5.41) is 8.44. The third-order valence-corrected chi connectivity index (χ3v) is 4.86. The van der Waals surface area contributed by atoms with Crippen LogP contribution in [0.3, 0.4) is 0 Å². The first-order chi connectivity index (χ1) is 9.98. The third-order valence-electron chi connectivity index (χ3n) is 2.82. The number of amidine groups is 1. The average Bonchev–Trinajstić information content (AvgIpc) is 2.49. The van der Waals surface area contributed by atoms with Crippen molar-refractivity contribution in [2.45, 2.75) is 4.90 Å². The van der Waals surface area contributed by atoms with Crippen molar-refractivity contribution in [1.29, 1.82) is 5.41 Å². The number of halogens is 1. The molecule has 2 aromatic rings. The topological polar surface area (TPSA) is 73.3 Å². The Labute approximate surface area is 128 Å². The second-order valence-electron chi connectivity index (χ2n) is 4.13. The first-order valence-electron chi connectivity index (χ1n) is 6.09. The van der Waals surface area contributed by atoms with E-state index in [4.69, 9.17) is 17.0 Å². The van der Waals surface area contributed by atoms with Gasteiger partial charge in [0.1, 0.15) is 0 Å². The molecule has 110 valence electrons. The van der Waals surface area contributed by atoms with Crippen LogP contribution in [0, 0.1) is 5.41 Å². The van der Waals surface area contributed by atoms with Crippen LogP contribution in [0.2, 0.25) is 5.02 Å². The maximum absolute atomic E-state index is 12.6. The number of sulfonamides is 1. The minimum Gasteiger partial charge on any atom is -0.282 e. The van der Waals surface area contributed by atoms with Gasteiger partial charge in [-0.25, -0.2) is 5.43 Å². The van der Waals surface area contributed by atoms with Gasteiger partial charge in [0.2, 0.25) is 0 Å². The molecule has 0 unspecified atom stereocenters. The molecular formula is C14H14ClN3O2S. The Morgan fingerprint density at radius 2 is 1.67 bits per heavy atom. The summed E-state index contributed by atoms with van der Waals surface area (Å²) in [6.45, 7) is 0. The molecule has 0 saturated carbocycles. The van der Waals surface area contributed by atoms with Crippen molar-refractivity contribution in [2.24, 2.45) is 0 Å². The standard InChI is InChI=1S/C14H14ClN3O2S/c1-17-18(14(16)12-9-5-6-10-13(12)15)21(19,20)11-7-3-2-4-8-11/h2-10,16-17H,1H3. The highest BCUT2D eigenvalue weighted by atomic mass is 35.5. The first kappa shape index (κ1) is 15.5. The van der Waals surface area contributed by atoms with Gasteiger partial charge in [0.05, 0.1) is 9.92 Å². The van der Waals surface area contributed by atoms with E-state index < -0.39 is 10.0 Å². The molecule has 0 aromatic heterocycles. The van der Waals surface area contributed by atoms with Crippen LogP contribution in [0.25, 0.3) is 0 Å². The Morgan fingerprint density at radius 1 is 1.10 bits per heavy atom. The van der Waals surface area contributed by atoms with E-state index in [2.05, 4.69) is 5.43 Å². The summed E-state index contributed by atoms with van der Waals surface area (Å²) in [6.07, 6.45) is 0. The predicted octanol–water partition coefficient (Wildman–Crippen LogP) is 2.49. The molecule has 2 aromatic carbocycles. The van der Waals surface area contributed by atoms with Crippen molar-refractivity contribution in [3.05, 3.63) is 65.2 Å². The molecule has 0 amide bonds. The normalized spacial score (nSPS) is 11.1. The van der Waals surface area contributed by atoms with E-state index in [9.17, 15) is 8.42 Å². The van der Waals surface area contributed by atoms with Crippen LogP contribution in [0.15, 0.2) is 59.5 Å². The lowest BCUT2D eigenvalue weighted by molar-refractivity contribution is 0.466. The molecule has 0 bridgehead atoms. The summed E-state index contributed by atoms with van der Waals surface area (Å²) in [5.41, 5.74) is 2.86. The van der Waals surface area contributed by atoms with E-state index in [0.29, 0.717) is 10.6 Å². The predicted molar refractivity (Wildman–Crippen MR) is 82.8 cm³/mol. The van der Waals surface area contributed by atoms with Crippen LogP contribution in [0.5, 0.6) is 0 Å². The van der Waals surface area contributed by atoms with Gasteiger partial charge < -0.3 is 0 Å². The van der Waals surface area contributed by atoms with Gasteiger partial charge in [-0.15, -0.1) is 0 Å². The molecule has 2 rings (SSSR count). The number of hydrogen-bond acceptors (Lipinski definition) is 4. The van der Waals surface area contributed by atoms with Crippen LogP contribution in [-0.2, 0) is 10.0 Å². The molecule has 0 aliphatic carbocycles. The summed E-state index contributed by atoms with van der Waals surface area (Å²) in [5.74, 6) is -0.244. The summed E-state index contributed by atoms with van der Waals surface area (Å²) in [6, 6.07) is 14.5. The number of nitrogens with one attached hydrogen (secondary N) is 2. The van der Waals surface area contributed by atoms with E-state index in [1.54, 1.807) is 42.5 Å². The SMILES string of the molecule is CNN(C(=N)c1ccccc1Cl)S(=O)(=O)c1ccccc1. The second kappa shape index (κ2) is 6.26. The van der Waals surface area contributed by atoms with Gasteiger partial charge in [-0.3, -0.25) is 5.41 Å². The van der Waals surface area contributed by atoms with Crippen molar-refractivity contribution >= 4 is 27.5 Å². The number of hydrogen-bond donors (Lipinski definition) is 2. The maximum atomic E-state index is 12.6. The molecule has 0 heterocycles. The fraction of sp³-hybridized carbons (Fsp3) is 0.0714. The van der Waals surface area contributed by atoms with Crippen molar-refractivity contribution in [3.63, 3.8) is 0 Å². The highest BCUT2D eigenvalue weighted by Gasteiger charge is 2.27. The molecule has 0 aliphatic rings. The van der Waals surface area contributed by atoms with Gasteiger partial charge in [-0.2, -0.15) is 12.8 Å². The third kappa shape index (κ3) is 3.07. The largest absolute Gasteiger partial charge is 0.282 e. The Balaban J connectivity index is 2.45. The van der Waals surface area contributed by atoms with Gasteiger partial charge in [-0.1, -0.05) is 41.9 Å².